The predicted molar refractivity (Wildman–Crippen MR) is 54.3 cm³/mol. The van der Waals surface area contributed by atoms with E-state index in [0.29, 0.717) is 6.07 Å². The van der Waals surface area contributed by atoms with Gasteiger partial charge in [-0.2, -0.15) is 13.2 Å². The molecule has 0 radical (unpaired) electrons. The van der Waals surface area contributed by atoms with Gasteiger partial charge in [-0.3, -0.25) is 4.79 Å². The van der Waals surface area contributed by atoms with Crippen LogP contribution in [0.2, 0.25) is 0 Å². The molecule has 0 atom stereocenters. The summed E-state index contributed by atoms with van der Waals surface area (Å²) < 4.78 is 42.7. The van der Waals surface area contributed by atoms with Crippen LogP contribution in [-0.4, -0.2) is 17.5 Å². The molecule has 0 bridgehead atoms. The third-order valence-electron chi connectivity index (χ3n) is 2.08. The number of ether oxygens (including phenoxy) is 1. The Kier molecular flexibility index (Phi) is 3.65. The van der Waals surface area contributed by atoms with Crippen LogP contribution < -0.4 is 4.74 Å². The van der Waals surface area contributed by atoms with Gasteiger partial charge in [0.15, 0.2) is 5.78 Å². The standard InChI is InChI=1S/C11H11F3O3/c1-3-17-10-4-7(6(2)15)9(16)5-8(10)11(12,13)14/h4-5,16H,3H2,1-2H3. The number of rotatable bonds is 3. The van der Waals surface area contributed by atoms with E-state index in [1.54, 1.807) is 0 Å². The van der Waals surface area contributed by atoms with E-state index in [0.717, 1.165) is 13.0 Å². The molecule has 0 unspecified atom stereocenters. The number of halogens is 3. The molecule has 0 spiro atoms. The fourth-order valence-corrected chi connectivity index (χ4v) is 1.35. The Bertz CT molecular complexity index is 438. The van der Waals surface area contributed by atoms with Gasteiger partial charge >= 0.3 is 6.18 Å². The highest BCUT2D eigenvalue weighted by atomic mass is 19.4. The molecule has 0 saturated heterocycles. The molecular weight excluding hydrogens is 237 g/mol. The molecule has 6 heteroatoms. The summed E-state index contributed by atoms with van der Waals surface area (Å²) in [5.74, 6) is -1.69. The van der Waals surface area contributed by atoms with Crippen molar-refractivity contribution < 1.29 is 27.8 Å². The Morgan fingerprint density at radius 3 is 2.41 bits per heavy atom. The Balaban J connectivity index is 3.41. The Hall–Kier alpha value is -1.72. The fourth-order valence-electron chi connectivity index (χ4n) is 1.35. The second-order valence-corrected chi connectivity index (χ2v) is 3.35. The lowest BCUT2D eigenvalue weighted by Gasteiger charge is -2.14. The fraction of sp³-hybridized carbons (Fsp3) is 0.364. The molecule has 1 aromatic rings. The molecule has 1 rings (SSSR count). The molecule has 1 N–H and O–H groups in total. The van der Waals surface area contributed by atoms with E-state index in [-0.39, 0.29) is 12.2 Å². The molecule has 1 aromatic carbocycles. The van der Waals surface area contributed by atoms with Crippen LogP contribution in [0, 0.1) is 0 Å². The molecule has 0 fully saturated rings. The SMILES string of the molecule is CCOc1cc(C(C)=O)c(O)cc1C(F)(F)F. The smallest absolute Gasteiger partial charge is 0.420 e. The van der Waals surface area contributed by atoms with Crippen molar-refractivity contribution in [2.45, 2.75) is 20.0 Å². The van der Waals surface area contributed by atoms with Gasteiger partial charge in [0.1, 0.15) is 17.1 Å². The Labute approximate surface area is 95.8 Å². The summed E-state index contributed by atoms with van der Waals surface area (Å²) in [7, 11) is 0. The van der Waals surface area contributed by atoms with Crippen molar-refractivity contribution >= 4 is 5.78 Å². The maximum absolute atomic E-state index is 12.6. The van der Waals surface area contributed by atoms with Crippen LogP contribution in [0.5, 0.6) is 11.5 Å². The highest BCUT2D eigenvalue weighted by Gasteiger charge is 2.35. The first-order chi connectivity index (χ1) is 7.77. The first kappa shape index (κ1) is 13.3. The minimum atomic E-state index is -4.64. The van der Waals surface area contributed by atoms with Crippen LogP contribution in [-0.2, 0) is 6.18 Å². The minimum absolute atomic E-state index is 0.0329. The van der Waals surface area contributed by atoms with Crippen molar-refractivity contribution in [1.29, 1.82) is 0 Å². The van der Waals surface area contributed by atoms with E-state index in [4.69, 9.17) is 4.74 Å². The van der Waals surface area contributed by atoms with Crippen molar-refractivity contribution in [3.8, 4) is 11.5 Å². The van der Waals surface area contributed by atoms with Gasteiger partial charge < -0.3 is 9.84 Å². The number of hydrogen-bond donors (Lipinski definition) is 1. The largest absolute Gasteiger partial charge is 0.507 e. The summed E-state index contributed by atoms with van der Waals surface area (Å²) in [4.78, 5) is 11.1. The molecule has 0 aromatic heterocycles. The number of ketones is 1. The lowest BCUT2D eigenvalue weighted by molar-refractivity contribution is -0.139. The molecule has 0 amide bonds. The number of Topliss-reactive ketones (excluding diaryl/α,β-unsaturated/α-hetero) is 1. The molecule has 3 nitrogen and oxygen atoms in total. The summed E-state index contributed by atoms with van der Waals surface area (Å²) in [5, 5.41) is 9.34. The summed E-state index contributed by atoms with van der Waals surface area (Å²) in [6.45, 7) is 2.71. The summed E-state index contributed by atoms with van der Waals surface area (Å²) in [5.41, 5.74) is -1.29. The van der Waals surface area contributed by atoms with Crippen LogP contribution in [0.25, 0.3) is 0 Å². The zero-order valence-electron chi connectivity index (χ0n) is 9.26. The maximum Gasteiger partial charge on any atom is 0.420 e. The van der Waals surface area contributed by atoms with Crippen molar-refractivity contribution in [3.05, 3.63) is 23.3 Å². The minimum Gasteiger partial charge on any atom is -0.507 e. The summed E-state index contributed by atoms with van der Waals surface area (Å²) in [6.07, 6.45) is -4.64. The topological polar surface area (TPSA) is 46.5 Å². The number of hydrogen-bond acceptors (Lipinski definition) is 3. The quantitative estimate of drug-likeness (QED) is 0.836. The van der Waals surface area contributed by atoms with Gasteiger partial charge in [-0.15, -0.1) is 0 Å². The number of benzene rings is 1. The van der Waals surface area contributed by atoms with Gasteiger partial charge in [-0.05, 0) is 26.0 Å². The molecule has 0 aliphatic rings. The number of phenolic OH excluding ortho intramolecular Hbond substituents is 1. The van der Waals surface area contributed by atoms with E-state index in [2.05, 4.69) is 0 Å². The predicted octanol–water partition coefficient (Wildman–Crippen LogP) is 3.01. The van der Waals surface area contributed by atoms with Crippen LogP contribution in [0.4, 0.5) is 13.2 Å². The lowest BCUT2D eigenvalue weighted by atomic mass is 10.1. The van der Waals surface area contributed by atoms with Gasteiger partial charge in [0.05, 0.1) is 12.2 Å². The van der Waals surface area contributed by atoms with Gasteiger partial charge in [0.2, 0.25) is 0 Å². The first-order valence-corrected chi connectivity index (χ1v) is 4.85. The number of carbonyl (C=O) groups is 1. The Morgan fingerprint density at radius 1 is 1.41 bits per heavy atom. The average Bonchev–Trinajstić information content (AvgIpc) is 2.18. The number of aromatic hydroxyl groups is 1. The van der Waals surface area contributed by atoms with E-state index in [9.17, 15) is 23.1 Å². The van der Waals surface area contributed by atoms with Crippen LogP contribution in [0.15, 0.2) is 12.1 Å². The zero-order valence-corrected chi connectivity index (χ0v) is 9.26. The maximum atomic E-state index is 12.6. The molecule has 0 aliphatic carbocycles. The summed E-state index contributed by atoms with van der Waals surface area (Å²) in [6, 6.07) is 1.41. The average molecular weight is 248 g/mol. The van der Waals surface area contributed by atoms with E-state index in [1.807, 2.05) is 0 Å². The second-order valence-electron chi connectivity index (χ2n) is 3.35. The van der Waals surface area contributed by atoms with Crippen LogP contribution >= 0.6 is 0 Å². The monoisotopic (exact) mass is 248 g/mol. The van der Waals surface area contributed by atoms with E-state index < -0.39 is 29.0 Å². The van der Waals surface area contributed by atoms with Crippen molar-refractivity contribution in [2.75, 3.05) is 6.61 Å². The molecule has 17 heavy (non-hydrogen) atoms. The third kappa shape index (κ3) is 2.89. The van der Waals surface area contributed by atoms with Crippen molar-refractivity contribution in [3.63, 3.8) is 0 Å². The molecule has 0 aliphatic heterocycles. The Morgan fingerprint density at radius 2 is 2.00 bits per heavy atom. The van der Waals surface area contributed by atoms with Crippen LogP contribution in [0.1, 0.15) is 29.8 Å². The molecular formula is C11H11F3O3. The van der Waals surface area contributed by atoms with Gasteiger partial charge in [0.25, 0.3) is 0 Å². The van der Waals surface area contributed by atoms with E-state index >= 15 is 0 Å². The van der Waals surface area contributed by atoms with E-state index in [1.165, 1.54) is 6.92 Å². The van der Waals surface area contributed by atoms with Crippen molar-refractivity contribution in [2.24, 2.45) is 0 Å². The number of phenols is 1. The first-order valence-electron chi connectivity index (χ1n) is 4.85. The zero-order chi connectivity index (χ0) is 13.2. The molecule has 94 valence electrons. The number of carbonyl (C=O) groups excluding carboxylic acids is 1. The normalized spacial score (nSPS) is 11.4. The van der Waals surface area contributed by atoms with Gasteiger partial charge in [-0.25, -0.2) is 0 Å². The van der Waals surface area contributed by atoms with Gasteiger partial charge in [-0.1, -0.05) is 0 Å². The third-order valence-corrected chi connectivity index (χ3v) is 2.08. The summed E-state index contributed by atoms with van der Waals surface area (Å²) >= 11 is 0. The molecule has 0 heterocycles. The second kappa shape index (κ2) is 4.65. The van der Waals surface area contributed by atoms with Crippen molar-refractivity contribution in [1.82, 2.24) is 0 Å². The highest BCUT2D eigenvalue weighted by molar-refractivity contribution is 5.97. The highest BCUT2D eigenvalue weighted by Crippen LogP contribution is 2.39. The van der Waals surface area contributed by atoms with Gasteiger partial charge in [0, 0.05) is 0 Å². The molecule has 0 saturated carbocycles. The lowest BCUT2D eigenvalue weighted by Crippen LogP contribution is -2.10. The van der Waals surface area contributed by atoms with Crippen LogP contribution in [0.3, 0.4) is 0 Å². The number of alkyl halides is 3.